The van der Waals surface area contributed by atoms with E-state index in [0.717, 1.165) is 12.0 Å². The van der Waals surface area contributed by atoms with E-state index in [0.29, 0.717) is 18.4 Å². The maximum atomic E-state index is 11.1. The third-order valence-corrected chi connectivity index (χ3v) is 2.37. The summed E-state index contributed by atoms with van der Waals surface area (Å²) < 4.78 is 0. The summed E-state index contributed by atoms with van der Waals surface area (Å²) in [6.45, 7) is 0. The van der Waals surface area contributed by atoms with Crippen molar-refractivity contribution in [1.29, 1.82) is 0 Å². The van der Waals surface area contributed by atoms with Crippen molar-refractivity contribution in [3.8, 4) is 0 Å². The van der Waals surface area contributed by atoms with Gasteiger partial charge in [-0.3, -0.25) is 9.59 Å². The molecular formula is C12H15NO3. The Hall–Kier alpha value is -1.84. The second-order valence-corrected chi connectivity index (χ2v) is 3.62. The zero-order valence-electron chi connectivity index (χ0n) is 8.98. The highest BCUT2D eigenvalue weighted by Crippen LogP contribution is 2.12. The Morgan fingerprint density at radius 2 is 1.88 bits per heavy atom. The summed E-state index contributed by atoms with van der Waals surface area (Å²) in [5.74, 6) is -1.22. The van der Waals surface area contributed by atoms with E-state index in [4.69, 9.17) is 10.8 Å². The van der Waals surface area contributed by atoms with Gasteiger partial charge in [-0.2, -0.15) is 0 Å². The number of carboxylic acid groups (broad SMARTS) is 1. The number of carboxylic acids is 1. The molecule has 1 amide bonds. The summed E-state index contributed by atoms with van der Waals surface area (Å²) in [5, 5.41) is 8.48. The molecule has 0 radical (unpaired) electrons. The van der Waals surface area contributed by atoms with Gasteiger partial charge in [0.15, 0.2) is 0 Å². The number of nitrogens with two attached hydrogens (primary N) is 1. The summed E-state index contributed by atoms with van der Waals surface area (Å²) >= 11 is 0. The van der Waals surface area contributed by atoms with Crippen molar-refractivity contribution in [2.24, 2.45) is 5.73 Å². The second kappa shape index (κ2) is 5.90. The number of carbonyl (C=O) groups excluding carboxylic acids is 1. The highest BCUT2D eigenvalue weighted by molar-refractivity contribution is 5.94. The fourth-order valence-corrected chi connectivity index (χ4v) is 1.57. The van der Waals surface area contributed by atoms with E-state index in [1.54, 1.807) is 12.1 Å². The summed E-state index contributed by atoms with van der Waals surface area (Å²) in [6, 6.07) is 7.15. The molecule has 86 valence electrons. The Morgan fingerprint density at radius 3 is 2.50 bits per heavy atom. The predicted octanol–water partition coefficient (Wildman–Crippen LogP) is 1.58. The van der Waals surface area contributed by atoms with Crippen LogP contribution in [-0.4, -0.2) is 17.0 Å². The van der Waals surface area contributed by atoms with Crippen LogP contribution in [0.5, 0.6) is 0 Å². The molecule has 0 aliphatic heterocycles. The second-order valence-electron chi connectivity index (χ2n) is 3.62. The molecule has 0 spiro atoms. The van der Waals surface area contributed by atoms with Gasteiger partial charge in [-0.15, -0.1) is 0 Å². The molecule has 0 fully saturated rings. The average molecular weight is 221 g/mol. The van der Waals surface area contributed by atoms with Crippen LogP contribution in [0.4, 0.5) is 0 Å². The smallest absolute Gasteiger partial charge is 0.303 e. The Labute approximate surface area is 94.1 Å². The largest absolute Gasteiger partial charge is 0.481 e. The zero-order chi connectivity index (χ0) is 12.0. The molecule has 0 atom stereocenters. The van der Waals surface area contributed by atoms with Crippen LogP contribution in [0.15, 0.2) is 24.3 Å². The first-order valence-electron chi connectivity index (χ1n) is 5.20. The number of aryl methyl sites for hydroxylation is 1. The molecule has 1 aromatic carbocycles. The molecule has 0 aliphatic rings. The lowest BCUT2D eigenvalue weighted by Gasteiger charge is -2.05. The molecular weight excluding hydrogens is 206 g/mol. The van der Waals surface area contributed by atoms with Crippen molar-refractivity contribution in [3.63, 3.8) is 0 Å². The summed E-state index contributed by atoms with van der Waals surface area (Å²) in [6.07, 6.45) is 2.21. The third-order valence-electron chi connectivity index (χ3n) is 2.37. The van der Waals surface area contributed by atoms with Gasteiger partial charge in [0, 0.05) is 12.0 Å². The average Bonchev–Trinajstić information content (AvgIpc) is 2.24. The minimum Gasteiger partial charge on any atom is -0.481 e. The first kappa shape index (κ1) is 12.2. The molecule has 3 N–H and O–H groups in total. The fraction of sp³-hybridized carbons (Fsp3) is 0.333. The van der Waals surface area contributed by atoms with Crippen LogP contribution in [0.3, 0.4) is 0 Å². The first-order chi connectivity index (χ1) is 7.61. The van der Waals surface area contributed by atoms with E-state index in [1.165, 1.54) is 0 Å². The maximum Gasteiger partial charge on any atom is 0.303 e. The van der Waals surface area contributed by atoms with E-state index in [2.05, 4.69) is 0 Å². The van der Waals surface area contributed by atoms with E-state index >= 15 is 0 Å². The molecule has 0 bridgehead atoms. The summed E-state index contributed by atoms with van der Waals surface area (Å²) in [4.78, 5) is 21.4. The van der Waals surface area contributed by atoms with Gasteiger partial charge in [-0.05, 0) is 30.9 Å². The first-order valence-corrected chi connectivity index (χ1v) is 5.20. The van der Waals surface area contributed by atoms with E-state index in [-0.39, 0.29) is 6.42 Å². The third kappa shape index (κ3) is 3.73. The minimum atomic E-state index is -0.789. The molecule has 0 unspecified atom stereocenters. The number of aliphatic carboxylic acids is 1. The van der Waals surface area contributed by atoms with Crippen LogP contribution in [0.1, 0.15) is 35.2 Å². The Morgan fingerprint density at radius 1 is 1.19 bits per heavy atom. The van der Waals surface area contributed by atoms with Crippen molar-refractivity contribution in [2.45, 2.75) is 25.7 Å². The Balaban J connectivity index is 2.53. The van der Waals surface area contributed by atoms with Crippen LogP contribution in [0, 0.1) is 0 Å². The zero-order valence-corrected chi connectivity index (χ0v) is 8.98. The van der Waals surface area contributed by atoms with Gasteiger partial charge in [0.2, 0.25) is 5.91 Å². The van der Waals surface area contributed by atoms with Gasteiger partial charge in [0.1, 0.15) is 0 Å². The molecule has 0 heterocycles. The fourth-order valence-electron chi connectivity index (χ4n) is 1.57. The van der Waals surface area contributed by atoms with Crippen molar-refractivity contribution in [1.82, 2.24) is 0 Å². The Bertz CT molecular complexity index is 388. The van der Waals surface area contributed by atoms with Gasteiger partial charge < -0.3 is 10.8 Å². The lowest BCUT2D eigenvalue weighted by molar-refractivity contribution is -0.137. The highest BCUT2D eigenvalue weighted by Gasteiger charge is 2.06. The highest BCUT2D eigenvalue weighted by atomic mass is 16.4. The predicted molar refractivity (Wildman–Crippen MR) is 60.2 cm³/mol. The SMILES string of the molecule is NC(=O)c1ccccc1CCCCC(=O)O. The van der Waals surface area contributed by atoms with Crippen molar-refractivity contribution in [2.75, 3.05) is 0 Å². The quantitative estimate of drug-likeness (QED) is 0.716. The van der Waals surface area contributed by atoms with Crippen LogP contribution < -0.4 is 5.73 Å². The minimum absolute atomic E-state index is 0.165. The number of hydrogen-bond donors (Lipinski definition) is 2. The molecule has 0 saturated carbocycles. The standard InChI is InChI=1S/C12H15NO3/c13-12(16)10-7-3-1-5-9(10)6-2-4-8-11(14)15/h1,3,5,7H,2,4,6,8H2,(H2,13,16)(H,14,15). The number of hydrogen-bond acceptors (Lipinski definition) is 2. The van der Waals surface area contributed by atoms with Gasteiger partial charge in [-0.1, -0.05) is 18.2 Å². The molecule has 4 nitrogen and oxygen atoms in total. The number of primary amides is 1. The molecule has 0 aromatic heterocycles. The van der Waals surface area contributed by atoms with E-state index in [9.17, 15) is 9.59 Å². The van der Waals surface area contributed by atoms with Gasteiger partial charge in [0.05, 0.1) is 0 Å². The van der Waals surface area contributed by atoms with Crippen molar-refractivity contribution < 1.29 is 14.7 Å². The molecule has 0 saturated heterocycles. The van der Waals surface area contributed by atoms with Crippen LogP contribution in [0.2, 0.25) is 0 Å². The van der Waals surface area contributed by atoms with E-state index < -0.39 is 11.9 Å². The molecule has 0 aliphatic carbocycles. The maximum absolute atomic E-state index is 11.1. The summed E-state index contributed by atoms with van der Waals surface area (Å²) in [5.41, 5.74) is 6.65. The van der Waals surface area contributed by atoms with Crippen molar-refractivity contribution in [3.05, 3.63) is 35.4 Å². The van der Waals surface area contributed by atoms with Crippen LogP contribution in [-0.2, 0) is 11.2 Å². The van der Waals surface area contributed by atoms with Gasteiger partial charge >= 0.3 is 5.97 Å². The molecule has 1 aromatic rings. The van der Waals surface area contributed by atoms with E-state index in [1.807, 2.05) is 12.1 Å². The number of rotatable bonds is 6. The monoisotopic (exact) mass is 221 g/mol. The summed E-state index contributed by atoms with van der Waals surface area (Å²) in [7, 11) is 0. The van der Waals surface area contributed by atoms with Gasteiger partial charge in [0.25, 0.3) is 0 Å². The number of carbonyl (C=O) groups is 2. The number of unbranched alkanes of at least 4 members (excludes halogenated alkanes) is 1. The van der Waals surface area contributed by atoms with Crippen LogP contribution in [0.25, 0.3) is 0 Å². The van der Waals surface area contributed by atoms with Crippen LogP contribution >= 0.6 is 0 Å². The number of amides is 1. The lowest BCUT2D eigenvalue weighted by atomic mass is 10.0. The Kier molecular flexibility index (Phi) is 4.51. The van der Waals surface area contributed by atoms with Gasteiger partial charge in [-0.25, -0.2) is 0 Å². The lowest BCUT2D eigenvalue weighted by Crippen LogP contribution is -2.13. The van der Waals surface area contributed by atoms with Crippen molar-refractivity contribution >= 4 is 11.9 Å². The number of benzene rings is 1. The molecule has 16 heavy (non-hydrogen) atoms. The topological polar surface area (TPSA) is 80.4 Å². The normalized spacial score (nSPS) is 10.0. The molecule has 4 heteroatoms. The molecule has 1 rings (SSSR count).